The number of sulfonamides is 2. The van der Waals surface area contributed by atoms with Crippen LogP contribution in [-0.2, 0) is 29.6 Å². The quantitative estimate of drug-likeness (QED) is 0.683. The van der Waals surface area contributed by atoms with Crippen molar-refractivity contribution in [3.63, 3.8) is 0 Å². The van der Waals surface area contributed by atoms with E-state index in [2.05, 4.69) is 5.32 Å². The lowest BCUT2D eigenvalue weighted by Crippen LogP contribution is -2.55. The molecule has 2 fully saturated rings. The largest absolute Gasteiger partial charge is 0.326 e. The number of hydrogen-bond acceptors (Lipinski definition) is 6. The molecule has 0 spiro atoms. The van der Waals surface area contributed by atoms with Gasteiger partial charge in [0.2, 0.25) is 21.8 Å². The SMILES string of the molecule is CC(=O)NS(=O)(=O)c1ccc(NC(=O)C2CN(S(=O)(=O)C3CC3)C2)cc1. The maximum atomic E-state index is 12.2. The van der Waals surface area contributed by atoms with E-state index in [1.165, 1.54) is 28.6 Å². The third kappa shape index (κ3) is 3.89. The Hall–Kier alpha value is -1.98. The van der Waals surface area contributed by atoms with Crippen LogP contribution in [0.5, 0.6) is 0 Å². The van der Waals surface area contributed by atoms with E-state index in [1.54, 1.807) is 0 Å². The first-order chi connectivity index (χ1) is 12.1. The minimum Gasteiger partial charge on any atom is -0.326 e. The Morgan fingerprint density at radius 3 is 2.12 bits per heavy atom. The van der Waals surface area contributed by atoms with E-state index in [-0.39, 0.29) is 29.1 Å². The standard InChI is InChI=1S/C15H19N3O6S2/c1-10(19)17-25(21,22)13-4-2-12(3-5-13)16-15(20)11-8-18(9-11)26(23,24)14-6-7-14/h2-5,11,14H,6-9H2,1H3,(H,16,20)(H,17,19). The topological polar surface area (TPSA) is 130 Å². The number of anilines is 1. The highest BCUT2D eigenvalue weighted by Gasteiger charge is 2.46. The summed E-state index contributed by atoms with van der Waals surface area (Å²) in [5, 5.41) is 2.35. The fourth-order valence-electron chi connectivity index (χ4n) is 2.60. The molecule has 0 radical (unpaired) electrons. The van der Waals surface area contributed by atoms with Crippen molar-refractivity contribution in [3.8, 4) is 0 Å². The zero-order valence-corrected chi connectivity index (χ0v) is 15.6. The molecule has 0 atom stereocenters. The molecule has 1 aliphatic heterocycles. The Morgan fingerprint density at radius 2 is 1.62 bits per heavy atom. The molecule has 0 bridgehead atoms. The maximum Gasteiger partial charge on any atom is 0.264 e. The zero-order chi connectivity index (χ0) is 19.1. The average molecular weight is 401 g/mol. The lowest BCUT2D eigenvalue weighted by Gasteiger charge is -2.37. The minimum absolute atomic E-state index is 0.101. The van der Waals surface area contributed by atoms with Gasteiger partial charge in [-0.1, -0.05) is 0 Å². The molecule has 26 heavy (non-hydrogen) atoms. The lowest BCUT2D eigenvalue weighted by atomic mass is 10.0. The van der Waals surface area contributed by atoms with E-state index in [0.29, 0.717) is 18.5 Å². The number of benzene rings is 1. The van der Waals surface area contributed by atoms with Crippen molar-refractivity contribution in [2.75, 3.05) is 18.4 Å². The van der Waals surface area contributed by atoms with E-state index in [0.717, 1.165) is 6.92 Å². The number of rotatable bonds is 6. The fraction of sp³-hybridized carbons (Fsp3) is 0.467. The van der Waals surface area contributed by atoms with Gasteiger partial charge in [-0.3, -0.25) is 9.59 Å². The number of amides is 2. The van der Waals surface area contributed by atoms with Gasteiger partial charge in [-0.05, 0) is 37.1 Å². The third-order valence-corrected chi connectivity index (χ3v) is 8.02. The first-order valence-electron chi connectivity index (χ1n) is 8.03. The van der Waals surface area contributed by atoms with Crippen LogP contribution in [0.1, 0.15) is 19.8 Å². The monoisotopic (exact) mass is 401 g/mol. The Morgan fingerprint density at radius 1 is 1.04 bits per heavy atom. The Bertz CT molecular complexity index is 930. The van der Waals surface area contributed by atoms with Gasteiger partial charge in [0.1, 0.15) is 0 Å². The molecule has 1 saturated heterocycles. The van der Waals surface area contributed by atoms with Crippen molar-refractivity contribution < 1.29 is 26.4 Å². The molecule has 2 amide bonds. The highest BCUT2D eigenvalue weighted by molar-refractivity contribution is 7.90. The number of hydrogen-bond donors (Lipinski definition) is 2. The van der Waals surface area contributed by atoms with E-state index < -0.39 is 31.9 Å². The summed E-state index contributed by atoms with van der Waals surface area (Å²) < 4.78 is 50.9. The van der Waals surface area contributed by atoms with Gasteiger partial charge < -0.3 is 5.32 Å². The van der Waals surface area contributed by atoms with Crippen LogP contribution in [0.4, 0.5) is 5.69 Å². The van der Waals surface area contributed by atoms with Crippen molar-refractivity contribution in [1.29, 1.82) is 0 Å². The molecule has 1 heterocycles. The predicted molar refractivity (Wildman–Crippen MR) is 93.1 cm³/mol. The molecule has 2 N–H and O–H groups in total. The molecule has 1 aromatic carbocycles. The molecule has 0 aromatic heterocycles. The van der Waals surface area contributed by atoms with Crippen molar-refractivity contribution in [2.45, 2.75) is 29.9 Å². The smallest absolute Gasteiger partial charge is 0.264 e. The molecule has 11 heteroatoms. The molecule has 1 saturated carbocycles. The molecule has 142 valence electrons. The number of nitrogens with one attached hydrogen (secondary N) is 2. The van der Waals surface area contributed by atoms with E-state index >= 15 is 0 Å². The van der Waals surface area contributed by atoms with Crippen LogP contribution in [0, 0.1) is 5.92 Å². The minimum atomic E-state index is -3.93. The van der Waals surface area contributed by atoms with Crippen LogP contribution >= 0.6 is 0 Å². The fourth-order valence-corrected chi connectivity index (χ4v) is 5.52. The van der Waals surface area contributed by atoms with Crippen LogP contribution in [0.3, 0.4) is 0 Å². The highest BCUT2D eigenvalue weighted by atomic mass is 32.2. The van der Waals surface area contributed by atoms with Gasteiger partial charge in [0.25, 0.3) is 10.0 Å². The van der Waals surface area contributed by atoms with Crippen LogP contribution in [0.15, 0.2) is 29.2 Å². The van der Waals surface area contributed by atoms with E-state index in [1.807, 2.05) is 4.72 Å². The van der Waals surface area contributed by atoms with Crippen molar-refractivity contribution >= 4 is 37.5 Å². The summed E-state index contributed by atoms with van der Waals surface area (Å²) in [7, 11) is -7.17. The first kappa shape index (κ1) is 18.8. The summed E-state index contributed by atoms with van der Waals surface area (Å²) in [6.07, 6.45) is 1.37. The zero-order valence-electron chi connectivity index (χ0n) is 14.0. The summed E-state index contributed by atoms with van der Waals surface area (Å²) in [5.41, 5.74) is 0.389. The second-order valence-corrected chi connectivity index (χ2v) is 10.3. The van der Waals surface area contributed by atoms with Gasteiger partial charge in [-0.15, -0.1) is 0 Å². The van der Waals surface area contributed by atoms with Crippen molar-refractivity contribution in [2.24, 2.45) is 5.92 Å². The van der Waals surface area contributed by atoms with Gasteiger partial charge in [0.05, 0.1) is 16.1 Å². The number of nitrogens with zero attached hydrogens (tertiary/aromatic N) is 1. The van der Waals surface area contributed by atoms with E-state index in [4.69, 9.17) is 0 Å². The van der Waals surface area contributed by atoms with Gasteiger partial charge in [-0.2, -0.15) is 4.31 Å². The number of carbonyl (C=O) groups is 2. The second kappa shape index (κ2) is 6.63. The van der Waals surface area contributed by atoms with Crippen LogP contribution in [0.25, 0.3) is 0 Å². The molecule has 2 aliphatic rings. The second-order valence-electron chi connectivity index (χ2n) is 6.43. The van der Waals surface area contributed by atoms with Crippen LogP contribution < -0.4 is 10.0 Å². The summed E-state index contributed by atoms with van der Waals surface area (Å²) in [4.78, 5) is 23.0. The average Bonchev–Trinajstić information content (AvgIpc) is 3.29. The molecule has 1 aromatic rings. The Balaban J connectivity index is 1.57. The van der Waals surface area contributed by atoms with E-state index in [9.17, 15) is 26.4 Å². The highest BCUT2D eigenvalue weighted by Crippen LogP contribution is 2.34. The number of carbonyl (C=O) groups excluding carboxylic acids is 2. The summed E-state index contributed by atoms with van der Waals surface area (Å²) >= 11 is 0. The molecular formula is C15H19N3O6S2. The normalized spacial score (nSPS) is 18.8. The third-order valence-electron chi connectivity index (χ3n) is 4.23. The molecule has 9 nitrogen and oxygen atoms in total. The van der Waals surface area contributed by atoms with Gasteiger partial charge in [-0.25, -0.2) is 21.6 Å². The maximum absolute atomic E-state index is 12.2. The summed E-state index contributed by atoms with van der Waals surface area (Å²) in [6.45, 7) is 1.43. The Labute approximate surface area is 151 Å². The van der Waals surface area contributed by atoms with Crippen molar-refractivity contribution in [1.82, 2.24) is 9.03 Å². The molecular weight excluding hydrogens is 382 g/mol. The van der Waals surface area contributed by atoms with Crippen LogP contribution in [0.2, 0.25) is 0 Å². The van der Waals surface area contributed by atoms with Crippen molar-refractivity contribution in [3.05, 3.63) is 24.3 Å². The summed E-state index contributed by atoms with van der Waals surface area (Å²) in [6, 6.07) is 5.35. The van der Waals surface area contributed by atoms with Gasteiger partial charge in [0, 0.05) is 25.7 Å². The van der Waals surface area contributed by atoms with Gasteiger partial charge >= 0.3 is 0 Å². The molecule has 0 unspecified atom stereocenters. The predicted octanol–water partition coefficient (Wildman–Crippen LogP) is -0.126. The van der Waals surface area contributed by atoms with Gasteiger partial charge in [0.15, 0.2) is 0 Å². The van der Waals surface area contributed by atoms with Crippen LogP contribution in [-0.4, -0.2) is 51.3 Å². The summed E-state index contributed by atoms with van der Waals surface area (Å²) in [5.74, 6) is -1.44. The molecule has 3 rings (SSSR count). The Kier molecular flexibility index (Phi) is 4.80. The molecule has 1 aliphatic carbocycles. The first-order valence-corrected chi connectivity index (χ1v) is 11.0. The lowest BCUT2D eigenvalue weighted by molar-refractivity contribution is -0.123.